The Labute approximate surface area is 140 Å². The second kappa shape index (κ2) is 7.97. The lowest BCUT2D eigenvalue weighted by molar-refractivity contribution is 0.544. The highest BCUT2D eigenvalue weighted by Crippen LogP contribution is 2.31. The van der Waals surface area contributed by atoms with Crippen LogP contribution in [-0.4, -0.2) is 0 Å². The fourth-order valence-corrected chi connectivity index (χ4v) is 3.60. The summed E-state index contributed by atoms with van der Waals surface area (Å²) in [6, 6.07) is 8.63. The molecule has 118 valence electrons. The van der Waals surface area contributed by atoms with Crippen LogP contribution in [0.1, 0.15) is 43.2 Å². The Bertz CT molecular complexity index is 667. The Morgan fingerprint density at radius 2 is 2.04 bits per heavy atom. The summed E-state index contributed by atoms with van der Waals surface area (Å²) in [6.45, 7) is 3.94. The third kappa shape index (κ3) is 4.22. The van der Waals surface area contributed by atoms with Gasteiger partial charge in [0.2, 0.25) is 0 Å². The van der Waals surface area contributed by atoms with Gasteiger partial charge in [0.05, 0.1) is 0 Å². The molecule has 0 aromatic heterocycles. The minimum atomic E-state index is 0.706. The molecule has 0 heterocycles. The third-order valence-electron chi connectivity index (χ3n) is 4.93. The molecule has 1 aromatic carbocycles. The molecule has 0 spiro atoms. The second-order valence-electron chi connectivity index (χ2n) is 6.49. The summed E-state index contributed by atoms with van der Waals surface area (Å²) < 4.78 is 0. The van der Waals surface area contributed by atoms with E-state index in [2.05, 4.69) is 67.3 Å². The van der Waals surface area contributed by atoms with Crippen LogP contribution in [0.25, 0.3) is 6.08 Å². The summed E-state index contributed by atoms with van der Waals surface area (Å²) in [5, 5.41) is 0. The van der Waals surface area contributed by atoms with Gasteiger partial charge in [-0.2, -0.15) is 0 Å². The van der Waals surface area contributed by atoms with E-state index in [1.165, 1.54) is 42.4 Å². The van der Waals surface area contributed by atoms with Crippen LogP contribution in [0, 0.1) is 5.92 Å². The average Bonchev–Trinajstić information content (AvgIpc) is 2.98. The number of hydrogen-bond donors (Lipinski definition) is 0. The van der Waals surface area contributed by atoms with E-state index < -0.39 is 0 Å². The summed E-state index contributed by atoms with van der Waals surface area (Å²) in [5.74, 6) is 0.706. The lowest BCUT2D eigenvalue weighted by Crippen LogP contribution is -2.02. The lowest BCUT2D eigenvalue weighted by atomic mass is 9.89. The molecular formula is C23H26. The van der Waals surface area contributed by atoms with E-state index in [9.17, 15) is 0 Å². The maximum atomic E-state index is 3.94. The predicted octanol–water partition coefficient (Wildman–Crippen LogP) is 6.43. The van der Waals surface area contributed by atoms with Crippen LogP contribution < -0.4 is 0 Å². The molecule has 2 aliphatic rings. The molecule has 1 unspecified atom stereocenters. The Balaban J connectivity index is 1.66. The molecule has 23 heavy (non-hydrogen) atoms. The van der Waals surface area contributed by atoms with E-state index in [0.717, 1.165) is 12.8 Å². The normalized spacial score (nSPS) is 21.1. The van der Waals surface area contributed by atoms with Gasteiger partial charge in [0.25, 0.3) is 0 Å². The van der Waals surface area contributed by atoms with E-state index in [0.29, 0.717) is 5.92 Å². The van der Waals surface area contributed by atoms with E-state index in [1.807, 2.05) is 6.08 Å². The van der Waals surface area contributed by atoms with Gasteiger partial charge in [-0.25, -0.2) is 0 Å². The summed E-state index contributed by atoms with van der Waals surface area (Å²) in [5.41, 5.74) is 5.79. The fourth-order valence-electron chi connectivity index (χ4n) is 3.60. The highest BCUT2D eigenvalue weighted by molar-refractivity contribution is 5.52. The fraction of sp³-hybridized carbons (Fsp3) is 0.304. The lowest BCUT2D eigenvalue weighted by Gasteiger charge is -2.16. The SMILES string of the molecule is C=Cc1ccccc1CC1=CCCC(C2=CC=CCC=C2)CC1. The van der Waals surface area contributed by atoms with Crippen LogP contribution in [0.3, 0.4) is 0 Å². The number of hydrogen-bond acceptors (Lipinski definition) is 0. The van der Waals surface area contributed by atoms with Crippen molar-refractivity contribution >= 4 is 6.08 Å². The van der Waals surface area contributed by atoms with Crippen molar-refractivity contribution in [2.24, 2.45) is 5.92 Å². The molecule has 1 aromatic rings. The Hall–Kier alpha value is -2.08. The minimum Gasteiger partial charge on any atom is -0.0985 e. The number of allylic oxidation sites excluding steroid dienone is 8. The van der Waals surface area contributed by atoms with Gasteiger partial charge >= 0.3 is 0 Å². The zero-order valence-electron chi connectivity index (χ0n) is 13.9. The molecule has 0 bridgehead atoms. The van der Waals surface area contributed by atoms with Gasteiger partial charge in [-0.05, 0) is 61.1 Å². The molecule has 0 nitrogen and oxygen atoms in total. The molecule has 0 N–H and O–H groups in total. The van der Waals surface area contributed by atoms with Crippen LogP contribution >= 0.6 is 0 Å². The van der Waals surface area contributed by atoms with Crippen LogP contribution in [0.2, 0.25) is 0 Å². The molecule has 0 radical (unpaired) electrons. The van der Waals surface area contributed by atoms with E-state index in [4.69, 9.17) is 0 Å². The maximum absolute atomic E-state index is 3.94. The van der Waals surface area contributed by atoms with E-state index >= 15 is 0 Å². The molecule has 0 aliphatic heterocycles. The zero-order chi connectivity index (χ0) is 15.9. The van der Waals surface area contributed by atoms with Gasteiger partial charge in [0, 0.05) is 0 Å². The molecular weight excluding hydrogens is 276 g/mol. The summed E-state index contributed by atoms with van der Waals surface area (Å²) in [6.07, 6.45) is 22.9. The smallest absolute Gasteiger partial charge is 0.00612 e. The summed E-state index contributed by atoms with van der Waals surface area (Å²) in [7, 11) is 0. The molecule has 1 atom stereocenters. The number of benzene rings is 1. The first-order valence-corrected chi connectivity index (χ1v) is 8.78. The topological polar surface area (TPSA) is 0 Å². The summed E-state index contributed by atoms with van der Waals surface area (Å²) >= 11 is 0. The molecule has 2 aliphatic carbocycles. The maximum Gasteiger partial charge on any atom is -0.00612 e. The van der Waals surface area contributed by atoms with Crippen molar-refractivity contribution in [2.45, 2.75) is 38.5 Å². The predicted molar refractivity (Wildman–Crippen MR) is 101 cm³/mol. The van der Waals surface area contributed by atoms with Crippen LogP contribution in [0.4, 0.5) is 0 Å². The molecule has 0 fully saturated rings. The minimum absolute atomic E-state index is 0.706. The highest BCUT2D eigenvalue weighted by atomic mass is 14.2. The van der Waals surface area contributed by atoms with Crippen LogP contribution in [0.5, 0.6) is 0 Å². The molecule has 0 heteroatoms. The van der Waals surface area contributed by atoms with Gasteiger partial charge in [0.1, 0.15) is 0 Å². The van der Waals surface area contributed by atoms with Crippen molar-refractivity contribution in [3.63, 3.8) is 0 Å². The van der Waals surface area contributed by atoms with E-state index in [-0.39, 0.29) is 0 Å². The monoisotopic (exact) mass is 302 g/mol. The second-order valence-corrected chi connectivity index (χ2v) is 6.49. The summed E-state index contributed by atoms with van der Waals surface area (Å²) in [4.78, 5) is 0. The quantitative estimate of drug-likeness (QED) is 0.562. The van der Waals surface area contributed by atoms with Gasteiger partial charge in [-0.3, -0.25) is 0 Å². The van der Waals surface area contributed by atoms with Crippen molar-refractivity contribution in [3.8, 4) is 0 Å². The number of rotatable bonds is 4. The zero-order valence-corrected chi connectivity index (χ0v) is 13.9. The van der Waals surface area contributed by atoms with Gasteiger partial charge < -0.3 is 0 Å². The molecule has 0 amide bonds. The first-order valence-electron chi connectivity index (χ1n) is 8.78. The van der Waals surface area contributed by atoms with Gasteiger partial charge in [-0.15, -0.1) is 0 Å². The standard InChI is InChI=1S/C23H26/c1-2-20-11-7-8-14-23(20)18-19-10-9-15-22(17-16-19)21-12-5-3-4-6-13-21/h2-3,5-8,10-14,22H,1,4,9,15-18H2. The van der Waals surface area contributed by atoms with Crippen LogP contribution in [0.15, 0.2) is 78.4 Å². The molecule has 0 saturated carbocycles. The van der Waals surface area contributed by atoms with Crippen molar-refractivity contribution in [1.29, 1.82) is 0 Å². The molecule has 0 saturated heterocycles. The van der Waals surface area contributed by atoms with Crippen molar-refractivity contribution in [3.05, 3.63) is 89.6 Å². The third-order valence-corrected chi connectivity index (χ3v) is 4.93. The highest BCUT2D eigenvalue weighted by Gasteiger charge is 2.16. The van der Waals surface area contributed by atoms with Crippen molar-refractivity contribution in [2.75, 3.05) is 0 Å². The largest absolute Gasteiger partial charge is 0.0985 e. The molecule has 3 rings (SSSR count). The van der Waals surface area contributed by atoms with Crippen LogP contribution in [-0.2, 0) is 6.42 Å². The first-order chi connectivity index (χ1) is 11.4. The average molecular weight is 302 g/mol. The van der Waals surface area contributed by atoms with Crippen molar-refractivity contribution in [1.82, 2.24) is 0 Å². The Morgan fingerprint density at radius 3 is 2.96 bits per heavy atom. The van der Waals surface area contributed by atoms with Gasteiger partial charge in [0.15, 0.2) is 0 Å². The van der Waals surface area contributed by atoms with Crippen molar-refractivity contribution < 1.29 is 0 Å². The van der Waals surface area contributed by atoms with E-state index in [1.54, 1.807) is 5.57 Å². The Morgan fingerprint density at radius 1 is 1.13 bits per heavy atom. The Kier molecular flexibility index (Phi) is 5.47. The van der Waals surface area contributed by atoms with Gasteiger partial charge in [-0.1, -0.05) is 78.9 Å². The first kappa shape index (κ1) is 15.8.